The van der Waals surface area contributed by atoms with E-state index >= 15 is 0 Å². The summed E-state index contributed by atoms with van der Waals surface area (Å²) in [6, 6.07) is 16.1. The standard InChI is InChI=1S/C17H14O3/c18-16(19)15-11-10-12-6-4-5-9-14(12)17(15,20)13-7-2-1-3-8-13/h1-11,15,20H,(H,18,19)/p-1. The van der Waals surface area contributed by atoms with Crippen LogP contribution in [-0.2, 0) is 10.4 Å². The van der Waals surface area contributed by atoms with Gasteiger partial charge in [-0.1, -0.05) is 66.7 Å². The van der Waals surface area contributed by atoms with Gasteiger partial charge >= 0.3 is 0 Å². The van der Waals surface area contributed by atoms with Crippen molar-refractivity contribution >= 4 is 12.0 Å². The Balaban J connectivity index is 2.27. The first kappa shape index (κ1) is 12.6. The largest absolute Gasteiger partial charge is 0.549 e. The lowest BCUT2D eigenvalue weighted by atomic mass is 9.71. The maximum absolute atomic E-state index is 11.4. The van der Waals surface area contributed by atoms with E-state index in [9.17, 15) is 15.0 Å². The molecular weight excluding hydrogens is 252 g/mol. The quantitative estimate of drug-likeness (QED) is 0.890. The number of aliphatic hydroxyl groups is 1. The van der Waals surface area contributed by atoms with Crippen LogP contribution in [-0.4, -0.2) is 11.1 Å². The van der Waals surface area contributed by atoms with E-state index in [4.69, 9.17) is 0 Å². The van der Waals surface area contributed by atoms with Crippen LogP contribution in [0.5, 0.6) is 0 Å². The number of fused-ring (bicyclic) bond motifs is 1. The van der Waals surface area contributed by atoms with E-state index in [0.29, 0.717) is 11.1 Å². The molecule has 0 radical (unpaired) electrons. The summed E-state index contributed by atoms with van der Waals surface area (Å²) in [6.45, 7) is 0. The number of hydrogen-bond donors (Lipinski definition) is 1. The molecule has 0 heterocycles. The summed E-state index contributed by atoms with van der Waals surface area (Å²) < 4.78 is 0. The number of carbonyl (C=O) groups excluding carboxylic acids is 1. The van der Waals surface area contributed by atoms with Gasteiger partial charge < -0.3 is 15.0 Å². The van der Waals surface area contributed by atoms with Crippen LogP contribution in [0, 0.1) is 5.92 Å². The molecular formula is C17H13O3-. The van der Waals surface area contributed by atoms with Gasteiger partial charge in [-0.15, -0.1) is 0 Å². The highest BCUT2D eigenvalue weighted by Crippen LogP contribution is 2.42. The predicted octanol–water partition coefficient (Wildman–Crippen LogP) is 1.32. The van der Waals surface area contributed by atoms with Crippen LogP contribution in [0.4, 0.5) is 0 Å². The van der Waals surface area contributed by atoms with Gasteiger partial charge in [0.05, 0.1) is 11.9 Å². The number of carboxylic acid groups (broad SMARTS) is 1. The van der Waals surface area contributed by atoms with E-state index in [1.54, 1.807) is 42.5 Å². The van der Waals surface area contributed by atoms with Gasteiger partial charge in [-0.3, -0.25) is 0 Å². The predicted molar refractivity (Wildman–Crippen MR) is 73.4 cm³/mol. The maximum atomic E-state index is 11.4. The van der Waals surface area contributed by atoms with Crippen LogP contribution < -0.4 is 5.11 Å². The Bertz CT molecular complexity index is 676. The van der Waals surface area contributed by atoms with Crippen LogP contribution in [0.25, 0.3) is 6.08 Å². The van der Waals surface area contributed by atoms with Gasteiger partial charge in [0.15, 0.2) is 0 Å². The van der Waals surface area contributed by atoms with Gasteiger partial charge in [0.2, 0.25) is 0 Å². The fourth-order valence-electron chi connectivity index (χ4n) is 2.77. The van der Waals surface area contributed by atoms with Gasteiger partial charge in [0.1, 0.15) is 5.60 Å². The minimum absolute atomic E-state index is 0.547. The third-order valence-corrected chi connectivity index (χ3v) is 3.76. The number of benzene rings is 2. The molecule has 0 spiro atoms. The molecule has 1 aliphatic carbocycles. The molecule has 2 atom stereocenters. The van der Waals surface area contributed by atoms with Crippen LogP contribution >= 0.6 is 0 Å². The van der Waals surface area contributed by atoms with Crippen molar-refractivity contribution in [2.24, 2.45) is 5.92 Å². The summed E-state index contributed by atoms with van der Waals surface area (Å²) in [4.78, 5) is 11.4. The summed E-state index contributed by atoms with van der Waals surface area (Å²) in [7, 11) is 0. The SMILES string of the molecule is O=C([O-])C1C=Cc2ccccc2C1(O)c1ccccc1. The van der Waals surface area contributed by atoms with Gasteiger partial charge in [0, 0.05) is 0 Å². The topological polar surface area (TPSA) is 60.4 Å². The molecule has 2 aromatic carbocycles. The van der Waals surface area contributed by atoms with Gasteiger partial charge in [-0.05, 0) is 16.7 Å². The number of aliphatic carboxylic acids is 1. The van der Waals surface area contributed by atoms with E-state index in [0.717, 1.165) is 5.56 Å². The van der Waals surface area contributed by atoms with E-state index in [-0.39, 0.29) is 0 Å². The Morgan fingerprint density at radius 2 is 1.70 bits per heavy atom. The molecule has 0 amide bonds. The Morgan fingerprint density at radius 3 is 2.40 bits per heavy atom. The molecule has 0 aromatic heterocycles. The van der Waals surface area contributed by atoms with Crippen molar-refractivity contribution in [2.75, 3.05) is 0 Å². The summed E-state index contributed by atoms with van der Waals surface area (Å²) in [5.41, 5.74) is 0.344. The molecule has 0 saturated heterocycles. The van der Waals surface area contributed by atoms with Crippen molar-refractivity contribution in [3.05, 3.63) is 77.4 Å². The second-order valence-corrected chi connectivity index (χ2v) is 4.88. The normalized spacial score (nSPS) is 24.1. The molecule has 0 saturated carbocycles. The van der Waals surface area contributed by atoms with Crippen molar-refractivity contribution in [1.82, 2.24) is 0 Å². The lowest BCUT2D eigenvalue weighted by molar-refractivity contribution is -0.314. The zero-order valence-corrected chi connectivity index (χ0v) is 10.7. The first-order chi connectivity index (χ1) is 9.64. The molecule has 3 nitrogen and oxygen atoms in total. The van der Waals surface area contributed by atoms with Crippen LogP contribution in [0.3, 0.4) is 0 Å². The number of carbonyl (C=O) groups is 1. The number of hydrogen-bond acceptors (Lipinski definition) is 3. The maximum Gasteiger partial charge on any atom is 0.127 e. The first-order valence-corrected chi connectivity index (χ1v) is 6.40. The number of rotatable bonds is 2. The molecule has 2 aromatic rings. The smallest absolute Gasteiger partial charge is 0.127 e. The molecule has 3 rings (SSSR count). The van der Waals surface area contributed by atoms with Gasteiger partial charge in [-0.2, -0.15) is 0 Å². The molecule has 2 unspecified atom stereocenters. The van der Waals surface area contributed by atoms with Crippen molar-refractivity contribution in [3.8, 4) is 0 Å². The molecule has 1 N–H and O–H groups in total. The second-order valence-electron chi connectivity index (χ2n) is 4.88. The van der Waals surface area contributed by atoms with Crippen LogP contribution in [0.1, 0.15) is 16.7 Å². The zero-order chi connectivity index (χ0) is 14.2. The highest BCUT2D eigenvalue weighted by molar-refractivity contribution is 5.78. The molecule has 0 bridgehead atoms. The third-order valence-electron chi connectivity index (χ3n) is 3.76. The van der Waals surface area contributed by atoms with Crippen LogP contribution in [0.2, 0.25) is 0 Å². The summed E-state index contributed by atoms with van der Waals surface area (Å²) in [5.74, 6) is -2.40. The lowest BCUT2D eigenvalue weighted by Crippen LogP contribution is -2.47. The van der Waals surface area contributed by atoms with E-state index in [1.807, 2.05) is 18.2 Å². The fraction of sp³-hybridized carbons (Fsp3) is 0.118. The van der Waals surface area contributed by atoms with Crippen molar-refractivity contribution in [3.63, 3.8) is 0 Å². The summed E-state index contributed by atoms with van der Waals surface area (Å²) in [6.07, 6.45) is 3.21. The average molecular weight is 265 g/mol. The van der Waals surface area contributed by atoms with E-state index in [2.05, 4.69) is 0 Å². The Morgan fingerprint density at radius 1 is 1.05 bits per heavy atom. The minimum atomic E-state index is -1.61. The molecule has 3 heteroatoms. The lowest BCUT2D eigenvalue weighted by Gasteiger charge is -2.39. The summed E-state index contributed by atoms with van der Waals surface area (Å²) in [5, 5.41) is 22.6. The second kappa shape index (κ2) is 4.62. The third kappa shape index (κ3) is 1.75. The van der Waals surface area contributed by atoms with Gasteiger partial charge in [0.25, 0.3) is 0 Å². The first-order valence-electron chi connectivity index (χ1n) is 6.40. The average Bonchev–Trinajstić information content (AvgIpc) is 2.48. The molecule has 100 valence electrons. The minimum Gasteiger partial charge on any atom is -0.549 e. The van der Waals surface area contributed by atoms with E-state index in [1.165, 1.54) is 6.08 Å². The zero-order valence-electron chi connectivity index (χ0n) is 10.7. The fourth-order valence-corrected chi connectivity index (χ4v) is 2.77. The van der Waals surface area contributed by atoms with Crippen LogP contribution in [0.15, 0.2) is 60.7 Å². The van der Waals surface area contributed by atoms with Gasteiger partial charge in [-0.25, -0.2) is 0 Å². The highest BCUT2D eigenvalue weighted by atomic mass is 16.4. The molecule has 20 heavy (non-hydrogen) atoms. The van der Waals surface area contributed by atoms with Crippen molar-refractivity contribution in [2.45, 2.75) is 5.60 Å². The Labute approximate surface area is 116 Å². The Hall–Kier alpha value is -2.39. The monoisotopic (exact) mass is 265 g/mol. The molecule has 0 aliphatic heterocycles. The summed E-state index contributed by atoms with van der Waals surface area (Å²) >= 11 is 0. The Kier molecular flexibility index (Phi) is 2.92. The number of carboxylic acids is 1. The van der Waals surface area contributed by atoms with Crippen molar-refractivity contribution in [1.29, 1.82) is 0 Å². The van der Waals surface area contributed by atoms with Crippen molar-refractivity contribution < 1.29 is 15.0 Å². The van der Waals surface area contributed by atoms with E-state index < -0.39 is 17.5 Å². The highest BCUT2D eigenvalue weighted by Gasteiger charge is 2.42. The molecule has 0 fully saturated rings. The molecule has 1 aliphatic rings.